The molecule has 0 spiro atoms. The maximum Gasteiger partial charge on any atom is 0.144 e. The molecular formula is C19H34O2. The van der Waals surface area contributed by atoms with Crippen molar-refractivity contribution < 1.29 is 9.59 Å². The molecule has 2 saturated carbocycles. The highest BCUT2D eigenvalue weighted by Crippen LogP contribution is 2.49. The lowest BCUT2D eigenvalue weighted by molar-refractivity contribution is -0.140. The summed E-state index contributed by atoms with van der Waals surface area (Å²) in [6, 6.07) is 0. The highest BCUT2D eigenvalue weighted by atomic mass is 16.1. The van der Waals surface area contributed by atoms with Gasteiger partial charge < -0.3 is 0 Å². The molecule has 2 aliphatic carbocycles. The molecule has 0 N–H and O–H groups in total. The molecule has 0 bridgehead atoms. The predicted molar refractivity (Wildman–Crippen MR) is 88.2 cm³/mol. The van der Waals surface area contributed by atoms with E-state index in [1.54, 1.807) is 0 Å². The molecule has 122 valence electrons. The number of Topliss-reactive ketones (excluding diaryl/α,β-unsaturated/α-hetero) is 2. The first-order chi connectivity index (χ1) is 9.22. The Morgan fingerprint density at radius 3 is 1.05 bits per heavy atom. The van der Waals surface area contributed by atoms with Crippen molar-refractivity contribution in [1.82, 2.24) is 0 Å². The van der Waals surface area contributed by atoms with Crippen LogP contribution in [0.25, 0.3) is 0 Å². The van der Waals surface area contributed by atoms with Gasteiger partial charge in [-0.2, -0.15) is 0 Å². The third-order valence-corrected chi connectivity index (χ3v) is 4.92. The molecular weight excluding hydrogens is 260 g/mol. The van der Waals surface area contributed by atoms with Crippen LogP contribution >= 0.6 is 0 Å². The second kappa shape index (κ2) is 5.52. The van der Waals surface area contributed by atoms with Gasteiger partial charge in [0, 0.05) is 21.7 Å². The third kappa shape index (κ3) is 4.40. The summed E-state index contributed by atoms with van der Waals surface area (Å²) in [5.74, 6) is 0.872. The highest BCUT2D eigenvalue weighted by Gasteiger charge is 2.48. The van der Waals surface area contributed by atoms with Crippen LogP contribution in [0.3, 0.4) is 0 Å². The lowest BCUT2D eigenvalue weighted by atomic mass is 9.62. The van der Waals surface area contributed by atoms with Crippen LogP contribution in [0.1, 0.15) is 87.5 Å². The van der Waals surface area contributed by atoms with Crippen molar-refractivity contribution in [2.45, 2.75) is 87.5 Å². The molecule has 0 unspecified atom stereocenters. The Kier molecular flexibility index (Phi) is 4.83. The average Bonchev–Trinajstić information content (AvgIpc) is 3.02. The fourth-order valence-electron chi connectivity index (χ4n) is 3.16. The smallest absolute Gasteiger partial charge is 0.144 e. The van der Waals surface area contributed by atoms with Gasteiger partial charge in [0.15, 0.2) is 0 Å². The monoisotopic (exact) mass is 294 g/mol. The van der Waals surface area contributed by atoms with Crippen LogP contribution < -0.4 is 0 Å². The van der Waals surface area contributed by atoms with E-state index in [-0.39, 0.29) is 21.7 Å². The summed E-state index contributed by atoms with van der Waals surface area (Å²) >= 11 is 0. The van der Waals surface area contributed by atoms with Crippen LogP contribution in [-0.2, 0) is 9.59 Å². The van der Waals surface area contributed by atoms with Gasteiger partial charge in [-0.05, 0) is 25.7 Å². The summed E-state index contributed by atoms with van der Waals surface area (Å²) in [4.78, 5) is 23.3. The molecule has 0 aromatic rings. The topological polar surface area (TPSA) is 34.1 Å². The molecule has 2 aliphatic rings. The van der Waals surface area contributed by atoms with E-state index in [9.17, 15) is 9.59 Å². The van der Waals surface area contributed by atoms with Gasteiger partial charge in [0.05, 0.1) is 0 Å². The normalized spacial score (nSPS) is 22.5. The first-order valence-electron chi connectivity index (χ1n) is 8.32. The average molecular weight is 294 g/mol. The van der Waals surface area contributed by atoms with Crippen molar-refractivity contribution in [2.24, 2.45) is 21.7 Å². The van der Waals surface area contributed by atoms with Crippen molar-refractivity contribution in [3.05, 3.63) is 0 Å². The van der Waals surface area contributed by atoms with Crippen LogP contribution in [0.2, 0.25) is 0 Å². The molecule has 0 heterocycles. The minimum atomic E-state index is -0.144. The molecule has 2 rings (SSSR count). The summed E-state index contributed by atoms with van der Waals surface area (Å²) in [5, 5.41) is 0. The Bertz CT molecular complexity index is 403. The van der Waals surface area contributed by atoms with Crippen molar-refractivity contribution in [3.8, 4) is 0 Å². The lowest BCUT2D eigenvalue weighted by Gasteiger charge is -2.41. The highest BCUT2D eigenvalue weighted by molar-refractivity contribution is 5.91. The summed E-state index contributed by atoms with van der Waals surface area (Å²) in [7, 11) is 0. The zero-order valence-corrected chi connectivity index (χ0v) is 15.4. The van der Waals surface area contributed by atoms with E-state index in [2.05, 4.69) is 13.8 Å². The Morgan fingerprint density at radius 1 is 0.667 bits per heavy atom. The fourth-order valence-corrected chi connectivity index (χ4v) is 3.16. The predicted octanol–water partition coefficient (Wildman–Crippen LogP) is 5.19. The molecule has 0 aromatic carbocycles. The first-order valence-corrected chi connectivity index (χ1v) is 8.32. The van der Waals surface area contributed by atoms with Gasteiger partial charge >= 0.3 is 0 Å². The number of ketones is 2. The molecule has 2 heteroatoms. The van der Waals surface area contributed by atoms with Gasteiger partial charge in [-0.25, -0.2) is 0 Å². The molecule has 0 saturated heterocycles. The summed E-state index contributed by atoms with van der Waals surface area (Å²) in [6.45, 7) is 16.2. The van der Waals surface area contributed by atoms with Crippen LogP contribution in [0, 0.1) is 21.7 Å². The zero-order valence-electron chi connectivity index (χ0n) is 15.4. The molecule has 0 radical (unpaired) electrons. The van der Waals surface area contributed by atoms with E-state index in [4.69, 9.17) is 0 Å². The van der Waals surface area contributed by atoms with Crippen molar-refractivity contribution in [3.63, 3.8) is 0 Å². The van der Waals surface area contributed by atoms with Gasteiger partial charge in [-0.15, -0.1) is 0 Å². The molecule has 2 fully saturated rings. The Morgan fingerprint density at radius 2 is 0.952 bits per heavy atom. The number of hydrogen-bond donors (Lipinski definition) is 0. The van der Waals surface area contributed by atoms with Gasteiger partial charge in [0.2, 0.25) is 0 Å². The second-order valence-electron chi connectivity index (χ2n) is 9.63. The van der Waals surface area contributed by atoms with E-state index in [0.29, 0.717) is 11.6 Å². The van der Waals surface area contributed by atoms with Crippen LogP contribution in [0.5, 0.6) is 0 Å². The third-order valence-electron chi connectivity index (χ3n) is 4.92. The summed E-state index contributed by atoms with van der Waals surface area (Å²) < 4.78 is 0. The maximum atomic E-state index is 11.8. The van der Waals surface area contributed by atoms with Crippen molar-refractivity contribution >= 4 is 11.6 Å². The van der Waals surface area contributed by atoms with Crippen LogP contribution in [-0.4, -0.2) is 11.6 Å². The van der Waals surface area contributed by atoms with Crippen LogP contribution in [0.15, 0.2) is 0 Å². The van der Waals surface area contributed by atoms with Crippen molar-refractivity contribution in [2.75, 3.05) is 0 Å². The molecule has 21 heavy (non-hydrogen) atoms. The maximum absolute atomic E-state index is 11.8. The van der Waals surface area contributed by atoms with E-state index in [0.717, 1.165) is 25.7 Å². The Hall–Kier alpha value is -0.660. The Balaban J connectivity index is 0.000000211. The minimum absolute atomic E-state index is 0.0260. The number of carbonyl (C=O) groups is 2. The lowest BCUT2D eigenvalue weighted by Crippen LogP contribution is -2.41. The second-order valence-corrected chi connectivity index (χ2v) is 9.63. The number of hydrogen-bond acceptors (Lipinski definition) is 2. The zero-order chi connectivity index (χ0) is 16.7. The quantitative estimate of drug-likeness (QED) is 0.702. The molecule has 2 nitrogen and oxygen atoms in total. The van der Waals surface area contributed by atoms with Gasteiger partial charge in [0.25, 0.3) is 0 Å². The largest absolute Gasteiger partial charge is 0.299 e. The van der Waals surface area contributed by atoms with Gasteiger partial charge in [-0.3, -0.25) is 9.59 Å². The molecule has 0 aromatic heterocycles. The van der Waals surface area contributed by atoms with Crippen molar-refractivity contribution in [1.29, 1.82) is 0 Å². The van der Waals surface area contributed by atoms with Gasteiger partial charge in [-0.1, -0.05) is 61.8 Å². The van der Waals surface area contributed by atoms with E-state index < -0.39 is 0 Å². The van der Waals surface area contributed by atoms with E-state index >= 15 is 0 Å². The first kappa shape index (κ1) is 18.4. The molecule has 0 aliphatic heterocycles. The number of carbonyl (C=O) groups excluding carboxylic acids is 2. The molecule has 0 amide bonds. The summed E-state index contributed by atoms with van der Waals surface area (Å²) in [5.41, 5.74) is -0.198. The van der Waals surface area contributed by atoms with Gasteiger partial charge in [0.1, 0.15) is 11.6 Å². The Labute approximate surface area is 131 Å². The standard InChI is InChI=1S/C10H18O.C9H16O/c1-9(2,3)8(11)10(4)6-5-7-10;1-8(2,3)7(10)9(4)5-6-9/h5-7H2,1-4H3;5-6H2,1-4H3. The van der Waals surface area contributed by atoms with E-state index in [1.165, 1.54) is 6.42 Å². The van der Waals surface area contributed by atoms with Crippen LogP contribution in [0.4, 0.5) is 0 Å². The number of rotatable bonds is 2. The fraction of sp³-hybridized carbons (Fsp3) is 0.895. The SMILES string of the molecule is CC(C)(C)C(=O)C1(C)CC1.CC(C)(C)C(=O)C1(C)CCC1. The minimum Gasteiger partial charge on any atom is -0.299 e. The summed E-state index contributed by atoms with van der Waals surface area (Å²) in [6.07, 6.45) is 5.64. The van der Waals surface area contributed by atoms with E-state index in [1.807, 2.05) is 41.5 Å². The molecule has 0 atom stereocenters.